The van der Waals surface area contributed by atoms with Gasteiger partial charge in [0.2, 0.25) is 0 Å². The third kappa shape index (κ3) is 5.71. The summed E-state index contributed by atoms with van der Waals surface area (Å²) in [5.74, 6) is -0.427. The van der Waals surface area contributed by atoms with Crippen LogP contribution in [-0.4, -0.2) is 36.5 Å². The largest absolute Gasteiger partial charge is 0.496 e. The molecule has 0 saturated carbocycles. The third-order valence-corrected chi connectivity index (χ3v) is 8.00. The van der Waals surface area contributed by atoms with E-state index in [9.17, 15) is 22.8 Å². The summed E-state index contributed by atoms with van der Waals surface area (Å²) in [4.78, 5) is 44.1. The molecular weight excluding hydrogens is 576 g/mol. The Bertz CT molecular complexity index is 2220. The van der Waals surface area contributed by atoms with Crippen molar-refractivity contribution in [1.82, 2.24) is 20.3 Å². The van der Waals surface area contributed by atoms with Crippen LogP contribution in [-0.2, 0) is 16.6 Å². The SMILES string of the molecule is COc1ccc(S(=O)(=O)Nc2ccc3[nH]c(=O)[nH]c3c2)cc1-c1cc(NC(=O)NCc2ccccc2)cc2oc(=O)[nH]c12. The van der Waals surface area contributed by atoms with Crippen molar-refractivity contribution in [2.75, 3.05) is 17.1 Å². The highest BCUT2D eigenvalue weighted by Gasteiger charge is 2.21. The molecule has 4 aromatic carbocycles. The first-order chi connectivity index (χ1) is 20.7. The number of sulfonamides is 1. The second-order valence-corrected chi connectivity index (χ2v) is 11.2. The van der Waals surface area contributed by atoms with Crippen molar-refractivity contribution in [2.24, 2.45) is 0 Å². The molecule has 218 valence electrons. The van der Waals surface area contributed by atoms with E-state index in [-0.39, 0.29) is 33.9 Å². The number of fused-ring (bicyclic) bond motifs is 2. The number of methoxy groups -OCH3 is 1. The number of carbonyl (C=O) groups excluding carboxylic acids is 1. The number of ether oxygens (including phenoxy) is 1. The second-order valence-electron chi connectivity index (χ2n) is 9.51. The predicted octanol–water partition coefficient (Wildman–Crippen LogP) is 4.09. The number of H-pyrrole nitrogens is 3. The average Bonchev–Trinajstić information content (AvgIpc) is 3.55. The van der Waals surface area contributed by atoms with E-state index in [1.165, 1.54) is 43.5 Å². The van der Waals surface area contributed by atoms with Crippen molar-refractivity contribution in [3.63, 3.8) is 0 Å². The quantitative estimate of drug-likeness (QED) is 0.152. The van der Waals surface area contributed by atoms with Gasteiger partial charge in [0.05, 0.1) is 34.2 Å². The van der Waals surface area contributed by atoms with Gasteiger partial charge in [-0.3, -0.25) is 9.71 Å². The lowest BCUT2D eigenvalue weighted by Crippen LogP contribution is -2.28. The number of benzene rings is 4. The van der Waals surface area contributed by atoms with Crippen molar-refractivity contribution < 1.29 is 22.4 Å². The van der Waals surface area contributed by atoms with Crippen molar-refractivity contribution >= 4 is 49.6 Å². The Morgan fingerprint density at radius 3 is 2.44 bits per heavy atom. The number of rotatable bonds is 8. The van der Waals surface area contributed by atoms with E-state index in [0.29, 0.717) is 27.9 Å². The number of anilines is 2. The molecule has 6 N–H and O–H groups in total. The molecule has 2 amide bonds. The Morgan fingerprint density at radius 2 is 1.65 bits per heavy atom. The molecule has 0 unspecified atom stereocenters. The molecule has 0 bridgehead atoms. The number of hydrogen-bond acceptors (Lipinski definition) is 7. The van der Waals surface area contributed by atoms with Crippen molar-refractivity contribution in [2.45, 2.75) is 11.4 Å². The van der Waals surface area contributed by atoms with Crippen LogP contribution in [0.15, 0.2) is 97.8 Å². The number of carbonyl (C=O) groups is 1. The standard InChI is InChI=1S/C29H24N6O7S/c1-41-24-10-8-19(43(39,40)35-17-7-9-22-23(12-17)33-28(37)32-22)14-20(24)21-11-18(13-25-26(21)34-29(38)42-25)31-27(36)30-15-16-5-3-2-4-6-16/h2-14,35H,15H2,1H3,(H,34,38)(H2,30,31,36)(H2,32,33,37). The summed E-state index contributed by atoms with van der Waals surface area (Å²) >= 11 is 0. The van der Waals surface area contributed by atoms with Gasteiger partial charge in [-0.05, 0) is 48.0 Å². The van der Waals surface area contributed by atoms with Crippen LogP contribution >= 0.6 is 0 Å². The van der Waals surface area contributed by atoms with Crippen molar-refractivity contribution in [1.29, 1.82) is 0 Å². The summed E-state index contributed by atoms with van der Waals surface area (Å²) in [7, 11) is -2.70. The van der Waals surface area contributed by atoms with Gasteiger partial charge in [0.25, 0.3) is 10.0 Å². The minimum Gasteiger partial charge on any atom is -0.496 e. The summed E-state index contributed by atoms with van der Waals surface area (Å²) in [6.07, 6.45) is 0. The highest BCUT2D eigenvalue weighted by Crippen LogP contribution is 2.38. The maximum atomic E-state index is 13.4. The second kappa shape index (κ2) is 10.9. The molecule has 14 heteroatoms. The smallest absolute Gasteiger partial charge is 0.417 e. The van der Waals surface area contributed by atoms with Crippen LogP contribution in [0.5, 0.6) is 5.75 Å². The molecule has 0 atom stereocenters. The van der Waals surface area contributed by atoms with Gasteiger partial charge in [-0.25, -0.2) is 22.8 Å². The number of aromatic amines is 3. The highest BCUT2D eigenvalue weighted by atomic mass is 32.2. The van der Waals surface area contributed by atoms with Gasteiger partial charge < -0.3 is 29.8 Å². The van der Waals surface area contributed by atoms with Gasteiger partial charge in [0.15, 0.2) is 5.58 Å². The Kier molecular flexibility index (Phi) is 6.95. The summed E-state index contributed by atoms with van der Waals surface area (Å²) in [6, 6.07) is 20.7. The molecule has 0 radical (unpaired) electrons. The van der Waals surface area contributed by atoms with Gasteiger partial charge >= 0.3 is 17.5 Å². The van der Waals surface area contributed by atoms with Crippen LogP contribution in [0.3, 0.4) is 0 Å². The Balaban J connectivity index is 1.35. The molecule has 0 saturated heterocycles. The first-order valence-corrected chi connectivity index (χ1v) is 14.4. The lowest BCUT2D eigenvalue weighted by Gasteiger charge is -2.15. The van der Waals surface area contributed by atoms with E-state index >= 15 is 0 Å². The fourth-order valence-electron chi connectivity index (χ4n) is 4.67. The van der Waals surface area contributed by atoms with E-state index in [1.54, 1.807) is 12.1 Å². The van der Waals surface area contributed by atoms with Crippen molar-refractivity contribution in [3.8, 4) is 16.9 Å². The fourth-order valence-corrected chi connectivity index (χ4v) is 5.74. The van der Waals surface area contributed by atoms with Crippen LogP contribution in [0.4, 0.5) is 16.2 Å². The average molecular weight is 601 g/mol. The molecule has 6 rings (SSSR count). The van der Waals surface area contributed by atoms with E-state index in [2.05, 4.69) is 30.3 Å². The zero-order chi connectivity index (χ0) is 30.1. The fraction of sp³-hybridized carbons (Fsp3) is 0.0690. The lowest BCUT2D eigenvalue weighted by atomic mass is 10.0. The molecule has 2 aromatic heterocycles. The first-order valence-electron chi connectivity index (χ1n) is 12.9. The van der Waals surface area contributed by atoms with E-state index in [0.717, 1.165) is 5.56 Å². The number of amides is 2. The first kappa shape index (κ1) is 27.4. The van der Waals surface area contributed by atoms with Crippen LogP contribution in [0.25, 0.3) is 33.3 Å². The van der Waals surface area contributed by atoms with Crippen LogP contribution < -0.4 is 31.5 Å². The molecule has 0 fully saturated rings. The van der Waals surface area contributed by atoms with E-state index in [1.807, 2.05) is 30.3 Å². The van der Waals surface area contributed by atoms with Crippen LogP contribution in [0, 0.1) is 0 Å². The highest BCUT2D eigenvalue weighted by molar-refractivity contribution is 7.92. The molecule has 0 aliphatic carbocycles. The lowest BCUT2D eigenvalue weighted by molar-refractivity contribution is 0.251. The van der Waals surface area contributed by atoms with E-state index in [4.69, 9.17) is 9.15 Å². The number of nitrogens with one attached hydrogen (secondary N) is 6. The molecule has 0 aliphatic rings. The predicted molar refractivity (Wildman–Crippen MR) is 161 cm³/mol. The maximum Gasteiger partial charge on any atom is 0.417 e. The summed E-state index contributed by atoms with van der Waals surface area (Å²) in [5, 5.41) is 5.49. The van der Waals surface area contributed by atoms with Crippen LogP contribution in [0.2, 0.25) is 0 Å². The Labute approximate surface area is 243 Å². The number of urea groups is 1. The van der Waals surface area contributed by atoms with E-state index < -0.39 is 27.5 Å². The molecule has 2 heterocycles. The summed E-state index contributed by atoms with van der Waals surface area (Å²) < 4.78 is 40.2. The van der Waals surface area contributed by atoms with Gasteiger partial charge in [-0.1, -0.05) is 30.3 Å². The van der Waals surface area contributed by atoms with Gasteiger partial charge in [-0.2, -0.15) is 0 Å². The number of imidazole rings is 1. The summed E-state index contributed by atoms with van der Waals surface area (Å²) in [5.41, 5.74) is 3.06. The topological polar surface area (TPSA) is 191 Å². The molecule has 43 heavy (non-hydrogen) atoms. The molecule has 13 nitrogen and oxygen atoms in total. The molecule has 0 aliphatic heterocycles. The third-order valence-electron chi connectivity index (χ3n) is 6.63. The zero-order valence-electron chi connectivity index (χ0n) is 22.5. The molecule has 6 aromatic rings. The number of aromatic nitrogens is 3. The number of oxazole rings is 1. The van der Waals surface area contributed by atoms with Gasteiger partial charge in [-0.15, -0.1) is 0 Å². The monoisotopic (exact) mass is 600 g/mol. The Hall–Kier alpha value is -5.76. The molecule has 0 spiro atoms. The van der Waals surface area contributed by atoms with Crippen LogP contribution in [0.1, 0.15) is 5.56 Å². The minimum absolute atomic E-state index is 0.107. The van der Waals surface area contributed by atoms with Gasteiger partial charge in [0, 0.05) is 29.4 Å². The molecular formula is C29H24N6O7S. The zero-order valence-corrected chi connectivity index (χ0v) is 23.3. The maximum absolute atomic E-state index is 13.4. The summed E-state index contributed by atoms with van der Waals surface area (Å²) in [6.45, 7) is 0.287. The van der Waals surface area contributed by atoms with Gasteiger partial charge in [0.1, 0.15) is 5.75 Å². The Morgan fingerprint density at radius 1 is 0.860 bits per heavy atom. The van der Waals surface area contributed by atoms with Crippen molar-refractivity contribution in [3.05, 3.63) is 105 Å². The number of hydrogen-bond donors (Lipinski definition) is 6. The minimum atomic E-state index is -4.12. The normalized spacial score (nSPS) is 11.5.